The zero-order valence-electron chi connectivity index (χ0n) is 69.5. The van der Waals surface area contributed by atoms with Crippen molar-refractivity contribution in [3.8, 4) is 0 Å². The minimum atomic E-state index is -3.75. The molecule has 8 aromatic heterocycles. The highest BCUT2D eigenvalue weighted by atomic mass is 32.2. The minimum Gasteiger partial charge on any atom is -0.345 e. The van der Waals surface area contributed by atoms with E-state index in [1.54, 1.807) is 63.3 Å². The van der Waals surface area contributed by atoms with Crippen molar-refractivity contribution < 1.29 is 77.6 Å². The summed E-state index contributed by atoms with van der Waals surface area (Å²) in [7, 11) is 3.57. The lowest BCUT2D eigenvalue weighted by atomic mass is 10.0. The van der Waals surface area contributed by atoms with E-state index in [9.17, 15) is 51.6 Å². The normalized spacial score (nSPS) is 12.2. The Labute approximate surface area is 713 Å². The van der Waals surface area contributed by atoms with Gasteiger partial charge < -0.3 is 35.3 Å². The third-order valence-corrected chi connectivity index (χ3v) is 21.7. The Morgan fingerprint density at radius 2 is 0.959 bits per heavy atom. The van der Waals surface area contributed by atoms with Crippen molar-refractivity contribution in [3.63, 3.8) is 0 Å². The number of carbonyl (C=O) groups is 9. The van der Waals surface area contributed by atoms with Gasteiger partial charge in [-0.15, -0.1) is 11.3 Å². The molecule has 0 aliphatic rings. The van der Waals surface area contributed by atoms with Crippen molar-refractivity contribution in [2.24, 2.45) is 25.9 Å². The van der Waals surface area contributed by atoms with Gasteiger partial charge in [-0.2, -0.15) is 0 Å². The Balaban J connectivity index is 0.000000191. The molecule has 0 aliphatic heterocycles. The molecule has 5 atom stereocenters. The number of rotatable bonds is 27. The van der Waals surface area contributed by atoms with Gasteiger partial charge in [0.15, 0.2) is 5.82 Å². The van der Waals surface area contributed by atoms with E-state index in [0.717, 1.165) is 43.9 Å². The smallest absolute Gasteiger partial charge is 0.277 e. The lowest BCUT2D eigenvalue weighted by molar-refractivity contribution is -0.122. The molecule has 0 fully saturated rings. The first-order valence-electron chi connectivity index (χ1n) is 38.7. The Kier molecular flexibility index (Phi) is 34.9. The van der Waals surface area contributed by atoms with Gasteiger partial charge in [-0.1, -0.05) is 120 Å². The molecular weight excluding hydrogens is 1620 g/mol. The second-order valence-corrected chi connectivity index (χ2v) is 31.8. The molecule has 8 heterocycles. The number of nitrogens with one attached hydrogen (secondary N) is 10. The molecule has 12 rings (SSSR count). The summed E-state index contributed by atoms with van der Waals surface area (Å²) in [6.45, 7) is 15.5. The summed E-state index contributed by atoms with van der Waals surface area (Å²) in [5, 5.41) is 58.3. The molecule has 35 nitrogen and oxygen atoms in total. The molecule has 0 aliphatic carbocycles. The largest absolute Gasteiger partial charge is 0.345 e. The van der Waals surface area contributed by atoms with Crippen molar-refractivity contribution in [1.82, 2.24) is 97.3 Å². The van der Waals surface area contributed by atoms with E-state index in [1.807, 2.05) is 184 Å². The topological polar surface area (TPSA) is 500 Å². The number of fused-ring (bicyclic) bond motifs is 3. The maximum Gasteiger partial charge on any atom is 0.277 e. The van der Waals surface area contributed by atoms with Gasteiger partial charge in [0.25, 0.3) is 47.3 Å². The number of aryl methyl sites for hydroxylation is 3. The fraction of sp³-hybridized carbons (Fsp3) is 0.267. The molecule has 0 bridgehead atoms. The number of benzene rings is 4. The maximum atomic E-state index is 12.8. The zero-order chi connectivity index (χ0) is 89.8. The van der Waals surface area contributed by atoms with Gasteiger partial charge in [0, 0.05) is 95.1 Å². The molecule has 0 spiro atoms. The van der Waals surface area contributed by atoms with Gasteiger partial charge in [0.1, 0.15) is 11.4 Å². The first-order chi connectivity index (χ1) is 58.8. The van der Waals surface area contributed by atoms with E-state index in [0.29, 0.717) is 57.6 Å². The van der Waals surface area contributed by atoms with Crippen LogP contribution in [0.3, 0.4) is 0 Å². The average Bonchev–Trinajstić information content (AvgIpc) is 1.47. The summed E-state index contributed by atoms with van der Waals surface area (Å²) in [4.78, 5) is 135. The highest BCUT2D eigenvalue weighted by Crippen LogP contribution is 2.30. The molecule has 0 saturated heterocycles. The Morgan fingerprint density at radius 3 is 1.47 bits per heavy atom. The van der Waals surface area contributed by atoms with Crippen LogP contribution in [0.1, 0.15) is 214 Å². The molecule has 0 radical (unpaired) electrons. The summed E-state index contributed by atoms with van der Waals surface area (Å²) >= 11 is 1.44. The summed E-state index contributed by atoms with van der Waals surface area (Å²) < 4.78 is 32.7. The van der Waals surface area contributed by atoms with Crippen LogP contribution in [0.15, 0.2) is 206 Å². The third kappa shape index (κ3) is 26.0. The van der Waals surface area contributed by atoms with Crippen molar-refractivity contribution in [2.75, 3.05) is 20.6 Å². The summed E-state index contributed by atoms with van der Waals surface area (Å²) in [6, 6.07) is 44.3. The van der Waals surface area contributed by atoms with Gasteiger partial charge in [-0.05, 0) is 155 Å². The van der Waals surface area contributed by atoms with Crippen LogP contribution in [0.4, 0.5) is 0 Å². The highest BCUT2D eigenvalue weighted by Gasteiger charge is 2.28. The lowest BCUT2D eigenvalue weighted by Crippen LogP contribution is -2.38. The Bertz CT molecular complexity index is 5760. The van der Waals surface area contributed by atoms with Crippen LogP contribution >= 0.6 is 11.3 Å². The van der Waals surface area contributed by atoms with E-state index in [1.165, 1.54) is 90.4 Å². The zero-order valence-corrected chi connectivity index (χ0v) is 71.1. The maximum absolute atomic E-state index is 12.8. The van der Waals surface area contributed by atoms with Crippen molar-refractivity contribution >= 4 is 106 Å². The number of para-hydroxylation sites is 2. The Hall–Kier alpha value is -13.5. The van der Waals surface area contributed by atoms with Crippen molar-refractivity contribution in [1.29, 1.82) is 0 Å². The van der Waals surface area contributed by atoms with E-state index in [2.05, 4.69) is 55.9 Å². The predicted octanol–water partition coefficient (Wildman–Crippen LogP) is 10.6. The van der Waals surface area contributed by atoms with Crippen LogP contribution in [0.25, 0.3) is 31.9 Å². The monoisotopic (exact) mass is 1720 g/mol. The van der Waals surface area contributed by atoms with Crippen LogP contribution in [-0.2, 0) is 28.9 Å². The average molecular weight is 1720 g/mol. The van der Waals surface area contributed by atoms with Crippen molar-refractivity contribution in [2.45, 2.75) is 110 Å². The van der Waals surface area contributed by atoms with E-state index in [4.69, 9.17) is 26.0 Å². The van der Waals surface area contributed by atoms with Crippen LogP contribution in [-0.4, -0.2) is 152 Å². The molecule has 12 aromatic rings. The molecule has 646 valence electrons. The third-order valence-electron chi connectivity index (χ3n) is 19.1. The van der Waals surface area contributed by atoms with Crippen LogP contribution in [0.5, 0.6) is 0 Å². The predicted molar refractivity (Wildman–Crippen MR) is 458 cm³/mol. The first kappa shape index (κ1) is 95.0. The number of aromatic nitrogens is 8. The number of likely N-dealkylation sites (N-methyl/N-ethyl adjacent to an activating group) is 1. The molecule has 0 unspecified atom stereocenters. The molecule has 15 N–H and O–H groups in total. The van der Waals surface area contributed by atoms with Crippen molar-refractivity contribution in [3.05, 3.63) is 279 Å². The van der Waals surface area contributed by atoms with Gasteiger partial charge in [-0.3, -0.25) is 89.1 Å². The summed E-state index contributed by atoms with van der Waals surface area (Å²) in [5.41, 5.74) is 15.2. The number of amides is 9. The number of pyridine rings is 4. The van der Waals surface area contributed by atoms with Gasteiger partial charge in [0.2, 0.25) is 15.9 Å². The molecule has 9 amide bonds. The van der Waals surface area contributed by atoms with Gasteiger partial charge >= 0.3 is 0 Å². The van der Waals surface area contributed by atoms with Crippen LogP contribution in [0.2, 0.25) is 0 Å². The SMILES string of the molecule is CC(C)[C@H](NC(=O)CN(C)C)c1ncc(C(=O)NO)cn1.CCC[C@H](NC(=O)c1cc2ccccc2s1)c1cc(C(=O)NO)ccn1.CC[C@H](NC(=O)c1cc2ccccc2n1C)c1cncc(C(=O)NO)c1.C[C@H](NC(=O)c1cc2ccccc2n1C)c1ccc(C(=O)NO)cn1.Cc1ccc(S(=O)(=O)N[C@@H](c2cc(C(=O)NO)ccn2)C(C)C)cc1. The number of hydroxylamine groups is 5. The van der Waals surface area contributed by atoms with E-state index >= 15 is 0 Å². The number of hydrogen-bond acceptors (Lipinski definition) is 24. The van der Waals surface area contributed by atoms with Gasteiger partial charge in [0.05, 0.1) is 80.3 Å². The minimum absolute atomic E-state index is 0.0913. The van der Waals surface area contributed by atoms with E-state index < -0.39 is 45.6 Å². The standard InChI is InChI=1S/C19H20N4O3.C19H19N3O3S.C18H18N4O3.C17H21N3O4S.C13H21N5O3/c1-3-15(13-8-14(11-20-10-13)18(24)22-26)21-19(25)17-9-12-6-4-5-7-16(12)23(17)2;1-2-5-14(15-10-13(8-9-20-15)18(23)22-25)21-19(24)17-11-12-6-3-4-7-16(12)26-17;1-11(14-8-7-13(10-19-14)17(23)21-25)20-18(24)16-9-12-5-3-4-6-15(12)22(16)2;1-11(2)16(15-10-13(8-9-18-15)17(21)19-22)20-25(23,24)14-6-4-12(3)5-7-14;1-8(2)11(16-10(19)7-18(3)4)12-14-5-9(6-15-12)13(20)17-21/h4-11,15,26H,3H2,1-2H3,(H,21,25)(H,22,24);3-4,6-11,14,25H,2,5H2,1H3,(H,21,24)(H,22,23);3-11,25H,1-2H3,(H,20,24)(H,21,23);4-11,16,20,22H,1-3H3,(H,19,21);5-6,8,11,21H,7H2,1-4H3,(H,16,19)(H,17,20)/t15-;14-;11-;16-;11-/m00010/s1. The number of carbonyl (C=O) groups excluding carboxylic acids is 9. The lowest BCUT2D eigenvalue weighted by Gasteiger charge is -2.22. The molecule has 37 heteroatoms. The molecule has 123 heavy (non-hydrogen) atoms. The summed E-state index contributed by atoms with van der Waals surface area (Å²) in [5.74, 6) is -3.55. The Morgan fingerprint density at radius 1 is 0.463 bits per heavy atom. The fourth-order valence-corrected chi connectivity index (χ4v) is 14.8. The quantitative estimate of drug-likeness (QED) is 0.0168. The van der Waals surface area contributed by atoms with Crippen LogP contribution in [0, 0.1) is 18.8 Å². The highest BCUT2D eigenvalue weighted by molar-refractivity contribution is 7.89. The number of nitrogens with zero attached hydrogens (tertiary/aromatic N) is 9. The van der Waals surface area contributed by atoms with E-state index in [-0.39, 0.29) is 98.9 Å². The number of hydrogen-bond donors (Lipinski definition) is 15. The molecular formula is C86H99N19O16S2. The first-order valence-corrected chi connectivity index (χ1v) is 41.0. The molecule has 0 saturated carbocycles. The summed E-state index contributed by atoms with van der Waals surface area (Å²) in [6.07, 6.45) is 12.0. The second-order valence-electron chi connectivity index (χ2n) is 29.0. The van der Waals surface area contributed by atoms with Crippen LogP contribution < -0.4 is 53.4 Å². The number of sulfonamides is 1. The van der Waals surface area contributed by atoms with Gasteiger partial charge in [-0.25, -0.2) is 50.5 Å². The molecule has 4 aromatic carbocycles. The second kappa shape index (κ2) is 45.2. The number of thiophene rings is 1. The fourth-order valence-electron chi connectivity index (χ4n) is 12.5.